The average molecular weight is 545 g/mol. The lowest BCUT2D eigenvalue weighted by Gasteiger charge is -2.13. The number of thiazole rings is 1. The second-order valence-corrected chi connectivity index (χ2v) is 10.5. The molecule has 4 aromatic rings. The number of carboxylic acids is 1. The molecule has 3 heterocycles. The van der Waals surface area contributed by atoms with Crippen molar-refractivity contribution in [1.29, 1.82) is 0 Å². The summed E-state index contributed by atoms with van der Waals surface area (Å²) >= 11 is 2.79. The van der Waals surface area contributed by atoms with Crippen molar-refractivity contribution in [3.05, 3.63) is 70.7 Å². The third-order valence-electron chi connectivity index (χ3n) is 5.85. The minimum absolute atomic E-state index is 0.0446. The topological polar surface area (TPSA) is 128 Å². The van der Waals surface area contributed by atoms with Gasteiger partial charge in [0.05, 0.1) is 27.8 Å². The molecule has 1 saturated heterocycles. The molecule has 192 valence electrons. The van der Waals surface area contributed by atoms with Crippen molar-refractivity contribution in [3.63, 3.8) is 0 Å². The zero-order valence-electron chi connectivity index (χ0n) is 20.8. The molecule has 2 aromatic carbocycles. The molecule has 0 radical (unpaired) electrons. The van der Waals surface area contributed by atoms with Gasteiger partial charge in [-0.05, 0) is 86.3 Å². The van der Waals surface area contributed by atoms with Gasteiger partial charge >= 0.3 is 5.97 Å². The van der Waals surface area contributed by atoms with Crippen molar-refractivity contribution in [1.82, 2.24) is 4.98 Å². The molecule has 1 N–H and O–H groups in total. The van der Waals surface area contributed by atoms with Gasteiger partial charge in [-0.1, -0.05) is 11.3 Å². The van der Waals surface area contributed by atoms with Crippen LogP contribution in [0.4, 0.5) is 37.9 Å². The fourth-order valence-corrected chi connectivity index (χ4v) is 5.32. The lowest BCUT2D eigenvalue weighted by Crippen LogP contribution is -2.15. The SMILES string of the molecule is Cc1cc(N=Nc2ccc(N3CCCC3)s2)ccc1N=Nc1ccc(N=Nc2nc(C(=O)O)cs2)c(C)c1. The largest absolute Gasteiger partial charge is 0.476 e. The van der Waals surface area contributed by atoms with E-state index in [1.807, 2.05) is 44.2 Å². The summed E-state index contributed by atoms with van der Waals surface area (Å²) in [5.74, 6) is -1.09. The Morgan fingerprint density at radius 3 is 2.08 bits per heavy atom. The fraction of sp³-hybridized carbons (Fsp3) is 0.231. The Hall–Kier alpha value is -4.16. The minimum atomic E-state index is -1.09. The second-order valence-electron chi connectivity index (χ2n) is 8.67. The lowest BCUT2D eigenvalue weighted by atomic mass is 10.2. The van der Waals surface area contributed by atoms with E-state index in [9.17, 15) is 4.79 Å². The van der Waals surface area contributed by atoms with E-state index in [0.29, 0.717) is 11.4 Å². The molecule has 1 fully saturated rings. The number of thiophene rings is 1. The van der Waals surface area contributed by atoms with Crippen molar-refractivity contribution in [3.8, 4) is 0 Å². The van der Waals surface area contributed by atoms with E-state index >= 15 is 0 Å². The van der Waals surface area contributed by atoms with Gasteiger partial charge in [0.2, 0.25) is 5.13 Å². The monoisotopic (exact) mass is 544 g/mol. The van der Waals surface area contributed by atoms with Crippen LogP contribution in [0.1, 0.15) is 34.5 Å². The summed E-state index contributed by atoms with van der Waals surface area (Å²) in [4.78, 5) is 17.2. The summed E-state index contributed by atoms with van der Waals surface area (Å²) < 4.78 is 0. The van der Waals surface area contributed by atoms with Crippen LogP contribution in [0.25, 0.3) is 0 Å². The Balaban J connectivity index is 1.22. The highest BCUT2D eigenvalue weighted by molar-refractivity contribution is 7.19. The number of anilines is 1. The molecule has 1 aliphatic rings. The van der Waals surface area contributed by atoms with Crippen LogP contribution >= 0.6 is 22.7 Å². The number of aromatic carboxylic acids is 1. The van der Waals surface area contributed by atoms with E-state index in [0.717, 1.165) is 51.9 Å². The first kappa shape index (κ1) is 25.5. The van der Waals surface area contributed by atoms with Gasteiger partial charge in [-0.15, -0.1) is 31.8 Å². The molecule has 0 atom stereocenters. The van der Waals surface area contributed by atoms with Crippen LogP contribution in [0.15, 0.2) is 84.6 Å². The molecule has 0 aliphatic carbocycles. The Labute approximate surface area is 227 Å². The number of benzene rings is 2. The molecule has 0 unspecified atom stereocenters. The van der Waals surface area contributed by atoms with Crippen molar-refractivity contribution in [2.24, 2.45) is 30.7 Å². The molecular formula is C26H24N8O2S2. The van der Waals surface area contributed by atoms with Gasteiger partial charge in [0.15, 0.2) is 5.69 Å². The Morgan fingerprint density at radius 2 is 1.47 bits per heavy atom. The number of carboxylic acid groups (broad SMARTS) is 1. The van der Waals surface area contributed by atoms with E-state index in [1.54, 1.807) is 23.5 Å². The molecule has 0 spiro atoms. The standard InChI is InChI=1S/C26H24N8O2S2/c1-16-14-19(29-32-23-9-10-24(38-23)34-11-3-4-12-34)6-7-20(16)30-28-18-5-8-21(17(2)13-18)31-33-26-27-22(15-37-26)25(35)36/h5-10,13-15H,3-4,11-12H2,1-2H3,(H,35,36). The zero-order chi connectivity index (χ0) is 26.5. The summed E-state index contributed by atoms with van der Waals surface area (Å²) in [6, 6.07) is 15.3. The summed E-state index contributed by atoms with van der Waals surface area (Å²) in [6.07, 6.45) is 2.50. The van der Waals surface area contributed by atoms with Crippen molar-refractivity contribution in [2.75, 3.05) is 18.0 Å². The Morgan fingerprint density at radius 1 is 0.842 bits per heavy atom. The Bertz CT molecular complexity index is 1550. The van der Waals surface area contributed by atoms with Gasteiger partial charge < -0.3 is 10.0 Å². The van der Waals surface area contributed by atoms with Gasteiger partial charge in [0.1, 0.15) is 5.00 Å². The van der Waals surface area contributed by atoms with Gasteiger partial charge in [0.25, 0.3) is 0 Å². The van der Waals surface area contributed by atoms with Gasteiger partial charge in [-0.2, -0.15) is 10.2 Å². The molecule has 38 heavy (non-hydrogen) atoms. The third-order valence-corrected chi connectivity index (χ3v) is 7.60. The van der Waals surface area contributed by atoms with E-state index in [-0.39, 0.29) is 10.8 Å². The number of aromatic nitrogens is 1. The number of hydrogen-bond acceptors (Lipinski definition) is 11. The van der Waals surface area contributed by atoms with Gasteiger partial charge in [-0.3, -0.25) is 0 Å². The number of aryl methyl sites for hydroxylation is 2. The smallest absolute Gasteiger partial charge is 0.355 e. The van der Waals surface area contributed by atoms with Crippen molar-refractivity contribution >= 4 is 66.5 Å². The van der Waals surface area contributed by atoms with Crippen LogP contribution in [0.2, 0.25) is 0 Å². The van der Waals surface area contributed by atoms with Gasteiger partial charge in [-0.25, -0.2) is 9.78 Å². The first-order valence-electron chi connectivity index (χ1n) is 11.9. The quantitative estimate of drug-likeness (QED) is 0.222. The maximum atomic E-state index is 10.9. The maximum Gasteiger partial charge on any atom is 0.355 e. The van der Waals surface area contributed by atoms with E-state index in [2.05, 4.69) is 46.6 Å². The molecule has 10 nitrogen and oxygen atoms in total. The average Bonchev–Trinajstić information content (AvgIpc) is 3.68. The third kappa shape index (κ3) is 6.21. The lowest BCUT2D eigenvalue weighted by molar-refractivity contribution is 0.0691. The van der Waals surface area contributed by atoms with E-state index < -0.39 is 5.97 Å². The van der Waals surface area contributed by atoms with Crippen LogP contribution < -0.4 is 4.90 Å². The first-order valence-corrected chi connectivity index (χ1v) is 13.6. The van der Waals surface area contributed by atoms with Crippen LogP contribution in [-0.4, -0.2) is 29.1 Å². The maximum absolute atomic E-state index is 10.9. The highest BCUT2D eigenvalue weighted by Crippen LogP contribution is 2.35. The summed E-state index contributed by atoms with van der Waals surface area (Å²) in [6.45, 7) is 6.09. The number of hydrogen-bond donors (Lipinski definition) is 1. The van der Waals surface area contributed by atoms with Crippen LogP contribution in [0.5, 0.6) is 0 Å². The summed E-state index contributed by atoms with van der Waals surface area (Å²) in [5.41, 5.74) is 4.58. The molecule has 0 bridgehead atoms. The molecule has 1 aliphatic heterocycles. The minimum Gasteiger partial charge on any atom is -0.476 e. The molecule has 5 rings (SSSR count). The summed E-state index contributed by atoms with van der Waals surface area (Å²) in [5, 5.41) is 38.6. The van der Waals surface area contributed by atoms with Gasteiger partial charge in [0, 0.05) is 18.5 Å². The van der Waals surface area contributed by atoms with Crippen molar-refractivity contribution in [2.45, 2.75) is 26.7 Å². The normalized spacial score (nSPS) is 14.0. The first-order chi connectivity index (χ1) is 18.4. The molecular weight excluding hydrogens is 520 g/mol. The van der Waals surface area contributed by atoms with E-state index in [1.165, 1.54) is 23.2 Å². The molecule has 2 aromatic heterocycles. The highest BCUT2D eigenvalue weighted by Gasteiger charge is 2.14. The molecule has 0 saturated carbocycles. The number of rotatable bonds is 8. The van der Waals surface area contributed by atoms with Crippen LogP contribution in [0, 0.1) is 13.8 Å². The molecule has 12 heteroatoms. The van der Waals surface area contributed by atoms with Crippen LogP contribution in [-0.2, 0) is 0 Å². The van der Waals surface area contributed by atoms with Crippen LogP contribution in [0.3, 0.4) is 0 Å². The Kier molecular flexibility index (Phi) is 7.70. The second kappa shape index (κ2) is 11.5. The summed E-state index contributed by atoms with van der Waals surface area (Å²) in [7, 11) is 0. The fourth-order valence-electron chi connectivity index (χ4n) is 3.83. The number of nitrogens with zero attached hydrogens (tertiary/aromatic N) is 8. The predicted octanol–water partition coefficient (Wildman–Crippen LogP) is 9.37. The number of carbonyl (C=O) groups is 1. The number of azo groups is 3. The van der Waals surface area contributed by atoms with E-state index in [4.69, 9.17) is 5.11 Å². The zero-order valence-corrected chi connectivity index (χ0v) is 22.4. The predicted molar refractivity (Wildman–Crippen MR) is 150 cm³/mol. The van der Waals surface area contributed by atoms with Crippen molar-refractivity contribution < 1.29 is 9.90 Å². The highest BCUT2D eigenvalue weighted by atomic mass is 32.1. The molecule has 0 amide bonds.